The van der Waals surface area contributed by atoms with Crippen LogP contribution in [0, 0.1) is 27.7 Å². The lowest BCUT2D eigenvalue weighted by Crippen LogP contribution is -2.44. The first kappa shape index (κ1) is 60.8. The first-order valence-corrected chi connectivity index (χ1v) is 29.1. The molecular formula is C64H76N14O9. The predicted molar refractivity (Wildman–Crippen MR) is 336 cm³/mol. The lowest BCUT2D eigenvalue weighted by molar-refractivity contribution is 0.0960. The second kappa shape index (κ2) is 26.5. The van der Waals surface area contributed by atoms with E-state index in [0.717, 1.165) is 169 Å². The smallest absolute Gasteiger partial charge is 0.318 e. The molecule has 4 aliphatic heterocycles. The molecule has 0 aliphatic carbocycles. The Morgan fingerprint density at radius 1 is 0.621 bits per heavy atom. The van der Waals surface area contributed by atoms with Crippen LogP contribution in [0.2, 0.25) is 0 Å². The molecule has 0 bridgehead atoms. The molecule has 0 atom stereocenters. The highest BCUT2D eigenvalue weighted by Gasteiger charge is 2.32. The Hall–Kier alpha value is -9.29. The Labute approximate surface area is 504 Å². The average molecular weight is 1190 g/mol. The molecule has 6 N–H and O–H groups in total. The van der Waals surface area contributed by atoms with Crippen molar-refractivity contribution in [3.8, 4) is 45.5 Å². The van der Waals surface area contributed by atoms with E-state index in [1.54, 1.807) is 50.6 Å². The number of carbonyl (C=O) groups excluding carboxylic acids is 5. The van der Waals surface area contributed by atoms with Gasteiger partial charge in [-0.1, -0.05) is 0 Å². The van der Waals surface area contributed by atoms with Crippen molar-refractivity contribution in [3.05, 3.63) is 124 Å². The van der Waals surface area contributed by atoms with Crippen molar-refractivity contribution < 1.29 is 42.9 Å². The molecule has 4 aromatic heterocycles. The normalized spacial score (nSPS) is 15.2. The first-order chi connectivity index (χ1) is 42.0. The number of fused-ring (bicyclic) bond motifs is 4. The molecule has 456 valence electrons. The number of aldehydes is 1. The molecule has 2 fully saturated rings. The summed E-state index contributed by atoms with van der Waals surface area (Å²) in [7, 11) is 10.3. The van der Waals surface area contributed by atoms with E-state index in [1.807, 2.05) is 67.6 Å². The number of aromatic nitrogens is 6. The molecule has 23 nitrogen and oxygen atoms in total. The SMILES string of the molecule is CNC(=O)Nc1ccc2c(c1)C(=O)/C(=C/c1c(-c3c(C)nn(C)c3C)n(CCN3CCNCC3)c3ccc(OC)cc13)O2.CNC(=O)Nc1ccc2c(c1)C(=O)CO2.COc1ccc2c(c1)c(C=O)c(-c1c(C)nn(C)c1C)n2CCN1CCNCC1. The number of ether oxygens (including phenoxy) is 4. The third-order valence-corrected chi connectivity index (χ3v) is 16.5. The van der Waals surface area contributed by atoms with E-state index < -0.39 is 0 Å². The molecule has 4 amide bonds. The summed E-state index contributed by atoms with van der Waals surface area (Å²) in [5.41, 5.74) is 13.6. The molecule has 8 aromatic rings. The van der Waals surface area contributed by atoms with E-state index in [0.29, 0.717) is 39.6 Å². The Bertz CT molecular complexity index is 3970. The minimum Gasteiger partial charge on any atom is -0.497 e. The number of anilines is 2. The highest BCUT2D eigenvalue weighted by molar-refractivity contribution is 6.16. The zero-order chi connectivity index (χ0) is 61.6. The fraction of sp³-hybridized carbons (Fsp3) is 0.359. The number of carbonyl (C=O) groups is 5. The molecule has 0 unspecified atom stereocenters. The van der Waals surface area contributed by atoms with Crippen molar-refractivity contribution in [2.75, 3.05) is 111 Å². The number of hydrogen-bond acceptors (Lipinski definition) is 15. The van der Waals surface area contributed by atoms with E-state index >= 15 is 0 Å². The minimum atomic E-state index is -0.364. The van der Waals surface area contributed by atoms with E-state index in [-0.39, 0.29) is 36.0 Å². The fourth-order valence-corrected chi connectivity index (χ4v) is 11.8. The third-order valence-electron chi connectivity index (χ3n) is 16.5. The van der Waals surface area contributed by atoms with E-state index in [9.17, 15) is 24.0 Å². The van der Waals surface area contributed by atoms with Crippen LogP contribution in [0.3, 0.4) is 0 Å². The van der Waals surface area contributed by atoms with Gasteiger partial charge in [0.2, 0.25) is 11.6 Å². The van der Waals surface area contributed by atoms with Gasteiger partial charge in [-0.15, -0.1) is 0 Å². The molecule has 0 radical (unpaired) electrons. The summed E-state index contributed by atoms with van der Waals surface area (Å²) in [5, 5.41) is 28.3. The molecule has 12 rings (SSSR count). The zero-order valence-electron chi connectivity index (χ0n) is 51.0. The maximum Gasteiger partial charge on any atom is 0.318 e. The second-order valence-corrected chi connectivity index (χ2v) is 21.7. The van der Waals surface area contributed by atoms with Gasteiger partial charge in [-0.3, -0.25) is 33.5 Å². The van der Waals surface area contributed by atoms with E-state index in [4.69, 9.17) is 24.0 Å². The van der Waals surface area contributed by atoms with Crippen molar-refractivity contribution >= 4 is 69.2 Å². The number of benzene rings is 4. The first-order valence-electron chi connectivity index (χ1n) is 29.1. The van der Waals surface area contributed by atoms with Crippen LogP contribution in [-0.4, -0.2) is 169 Å². The monoisotopic (exact) mass is 1180 g/mol. The molecule has 87 heavy (non-hydrogen) atoms. The number of rotatable bonds is 14. The third kappa shape index (κ3) is 12.7. The quantitative estimate of drug-likeness (QED) is 0.0461. The fourth-order valence-electron chi connectivity index (χ4n) is 11.8. The number of ketones is 2. The number of nitrogens with one attached hydrogen (secondary N) is 6. The van der Waals surface area contributed by atoms with Gasteiger partial charge in [0.1, 0.15) is 23.0 Å². The van der Waals surface area contributed by atoms with Crippen LogP contribution in [-0.2, 0) is 27.2 Å². The van der Waals surface area contributed by atoms with Crippen LogP contribution in [0.5, 0.6) is 23.0 Å². The van der Waals surface area contributed by atoms with Crippen molar-refractivity contribution in [3.63, 3.8) is 0 Å². The van der Waals surface area contributed by atoms with Gasteiger partial charge >= 0.3 is 12.1 Å². The van der Waals surface area contributed by atoms with Crippen molar-refractivity contribution in [1.82, 2.24) is 59.8 Å². The summed E-state index contributed by atoms with van der Waals surface area (Å²) in [6.07, 6.45) is 2.82. The van der Waals surface area contributed by atoms with Gasteiger partial charge in [0.25, 0.3) is 0 Å². The second-order valence-electron chi connectivity index (χ2n) is 21.7. The molecule has 0 spiro atoms. The number of aryl methyl sites for hydroxylation is 4. The van der Waals surface area contributed by atoms with Gasteiger partial charge in [-0.25, -0.2) is 9.59 Å². The number of amides is 4. The largest absolute Gasteiger partial charge is 0.497 e. The number of methoxy groups -OCH3 is 2. The van der Waals surface area contributed by atoms with Gasteiger partial charge < -0.3 is 60.0 Å². The van der Waals surface area contributed by atoms with Gasteiger partial charge in [0.05, 0.1) is 48.1 Å². The van der Waals surface area contributed by atoms with Gasteiger partial charge in [0, 0.05) is 174 Å². The van der Waals surface area contributed by atoms with Crippen molar-refractivity contribution in [2.24, 2.45) is 14.1 Å². The number of urea groups is 2. The Kier molecular flexibility index (Phi) is 18.6. The Balaban J connectivity index is 0.000000163. The molecular weight excluding hydrogens is 1110 g/mol. The molecule has 23 heteroatoms. The number of allylic oxidation sites excluding steroid dienone is 1. The maximum atomic E-state index is 13.7. The number of piperazine rings is 2. The summed E-state index contributed by atoms with van der Waals surface area (Å²) in [5.74, 6) is 2.42. The number of Topliss-reactive ketones (excluding diaryl/α,β-unsaturated/α-hetero) is 2. The summed E-state index contributed by atoms with van der Waals surface area (Å²) in [6, 6.07) is 21.4. The molecule has 8 heterocycles. The highest BCUT2D eigenvalue weighted by Crippen LogP contribution is 2.43. The molecule has 2 saturated heterocycles. The predicted octanol–water partition coefficient (Wildman–Crippen LogP) is 7.34. The zero-order valence-corrected chi connectivity index (χ0v) is 51.0. The van der Waals surface area contributed by atoms with Crippen LogP contribution in [0.25, 0.3) is 50.4 Å². The van der Waals surface area contributed by atoms with Gasteiger partial charge in [-0.2, -0.15) is 10.2 Å². The van der Waals surface area contributed by atoms with Gasteiger partial charge in [-0.05, 0) is 107 Å². The Morgan fingerprint density at radius 3 is 1.55 bits per heavy atom. The molecule has 0 saturated carbocycles. The summed E-state index contributed by atoms with van der Waals surface area (Å²) >= 11 is 0. The van der Waals surface area contributed by atoms with Crippen LogP contribution in [0.1, 0.15) is 59.4 Å². The van der Waals surface area contributed by atoms with Crippen molar-refractivity contribution in [1.29, 1.82) is 0 Å². The molecule has 4 aromatic carbocycles. The lowest BCUT2D eigenvalue weighted by Gasteiger charge is -2.27. The van der Waals surface area contributed by atoms with Crippen LogP contribution in [0.4, 0.5) is 21.0 Å². The van der Waals surface area contributed by atoms with Crippen LogP contribution < -0.4 is 50.8 Å². The topological polar surface area (TPSA) is 246 Å². The summed E-state index contributed by atoms with van der Waals surface area (Å²) < 4.78 is 30.7. The highest BCUT2D eigenvalue weighted by atomic mass is 16.5. The van der Waals surface area contributed by atoms with Crippen LogP contribution >= 0.6 is 0 Å². The molecule has 4 aliphatic rings. The van der Waals surface area contributed by atoms with Crippen molar-refractivity contribution in [2.45, 2.75) is 40.8 Å². The van der Waals surface area contributed by atoms with Gasteiger partial charge in [0.15, 0.2) is 18.7 Å². The number of nitrogens with zero attached hydrogens (tertiary/aromatic N) is 8. The average Bonchev–Trinajstić information content (AvgIpc) is 1.63. The van der Waals surface area contributed by atoms with Crippen LogP contribution in [0.15, 0.2) is 78.6 Å². The summed E-state index contributed by atoms with van der Waals surface area (Å²) in [4.78, 5) is 65.1. The summed E-state index contributed by atoms with van der Waals surface area (Å²) in [6.45, 7) is 19.8. The van der Waals surface area contributed by atoms with E-state index in [2.05, 4.69) is 81.9 Å². The Morgan fingerprint density at radius 2 is 1.09 bits per heavy atom. The lowest BCUT2D eigenvalue weighted by atomic mass is 10.0. The van der Waals surface area contributed by atoms with E-state index in [1.165, 1.54) is 14.1 Å². The maximum absolute atomic E-state index is 13.7. The minimum absolute atomic E-state index is 0.0643. The standard InChI is InChI=1S/C32H37N7O4.C22H29N5O2.C10H10N2O3/c1-19-29(20(2)37(4)36-19)30-24(18-28-31(40)25-16-21(35-32(41)33-3)6-9-27(25)43-28)23-17-22(42-5)7-8-26(23)39(30)15-14-38-12-10-34-11-13-38;1-15-21(16(2)25(3)24-15)22-19(14-28)18-13-17(29-4)5-6-20(18)27(22)12-11-26-9-7-23-8-10-26;1-11-10(14)12-6-2-3-9-7(4-6)8(13)5-15-9/h6-9,16-18,34H,10-15H2,1-5H3,(H2,33,35,41);5-6,13-14,23H,7-12H2,1-4H3;2-4H,5H2,1H3,(H2,11,12,14)/b28-18-;;. The number of hydrogen-bond donors (Lipinski definition) is 6.